The summed E-state index contributed by atoms with van der Waals surface area (Å²) in [6.45, 7) is 1.93. The Balaban J connectivity index is 1.82. The van der Waals surface area contributed by atoms with E-state index >= 15 is 0 Å². The monoisotopic (exact) mass is 285 g/mol. The lowest BCUT2D eigenvalue weighted by molar-refractivity contribution is 0.112. The maximum atomic E-state index is 11.2. The number of halogens is 1. The molecule has 2 aromatic carbocycles. The second-order valence-electron chi connectivity index (χ2n) is 5.16. The van der Waals surface area contributed by atoms with Crippen molar-refractivity contribution in [2.45, 2.75) is 12.3 Å². The minimum Gasteiger partial charge on any atom is -0.370 e. The zero-order chi connectivity index (χ0) is 13.9. The highest BCUT2D eigenvalue weighted by molar-refractivity contribution is 6.31. The standard InChI is InChI=1S/C17H16ClNO/c18-16-6-7-17(15(10-16)12-20)19-9-8-14(11-19)13-4-2-1-3-5-13/h1-7,10,12,14H,8-9,11H2. The average molecular weight is 286 g/mol. The molecule has 0 saturated carbocycles. The first-order valence-electron chi connectivity index (χ1n) is 6.82. The number of benzene rings is 2. The Bertz CT molecular complexity index is 612. The van der Waals surface area contributed by atoms with Gasteiger partial charge in [-0.1, -0.05) is 41.9 Å². The summed E-state index contributed by atoms with van der Waals surface area (Å²) >= 11 is 5.95. The summed E-state index contributed by atoms with van der Waals surface area (Å²) in [6.07, 6.45) is 2.00. The van der Waals surface area contributed by atoms with Gasteiger partial charge in [-0.15, -0.1) is 0 Å². The first-order valence-corrected chi connectivity index (χ1v) is 7.20. The Hall–Kier alpha value is -1.80. The summed E-state index contributed by atoms with van der Waals surface area (Å²) in [4.78, 5) is 13.5. The van der Waals surface area contributed by atoms with Crippen LogP contribution in [0, 0.1) is 0 Å². The van der Waals surface area contributed by atoms with Crippen molar-refractivity contribution in [1.29, 1.82) is 0 Å². The number of anilines is 1. The summed E-state index contributed by atoms with van der Waals surface area (Å²) in [5.74, 6) is 0.534. The summed E-state index contributed by atoms with van der Waals surface area (Å²) < 4.78 is 0. The van der Waals surface area contributed by atoms with E-state index in [0.717, 1.165) is 31.5 Å². The third-order valence-electron chi connectivity index (χ3n) is 3.92. The topological polar surface area (TPSA) is 20.3 Å². The molecule has 1 heterocycles. The van der Waals surface area contributed by atoms with E-state index in [4.69, 9.17) is 11.6 Å². The SMILES string of the molecule is O=Cc1cc(Cl)ccc1N1CCC(c2ccccc2)C1. The van der Waals surface area contributed by atoms with Gasteiger partial charge in [-0.25, -0.2) is 0 Å². The van der Waals surface area contributed by atoms with Crippen molar-refractivity contribution in [3.8, 4) is 0 Å². The third kappa shape index (κ3) is 2.56. The first-order chi connectivity index (χ1) is 9.78. The van der Waals surface area contributed by atoms with Crippen LogP contribution in [0.25, 0.3) is 0 Å². The summed E-state index contributed by atoms with van der Waals surface area (Å²) in [7, 11) is 0. The Morgan fingerprint density at radius 2 is 1.95 bits per heavy atom. The largest absolute Gasteiger partial charge is 0.370 e. The van der Waals surface area contributed by atoms with Crippen LogP contribution in [0.4, 0.5) is 5.69 Å². The zero-order valence-electron chi connectivity index (χ0n) is 11.1. The van der Waals surface area contributed by atoms with Gasteiger partial charge in [-0.05, 0) is 30.2 Å². The molecule has 3 heteroatoms. The fourth-order valence-electron chi connectivity index (χ4n) is 2.88. The third-order valence-corrected chi connectivity index (χ3v) is 4.15. The molecule has 0 spiro atoms. The second kappa shape index (κ2) is 5.68. The van der Waals surface area contributed by atoms with E-state index in [2.05, 4.69) is 29.2 Å². The highest BCUT2D eigenvalue weighted by Crippen LogP contribution is 2.32. The summed E-state index contributed by atoms with van der Waals surface area (Å²) in [6, 6.07) is 16.1. The molecular weight excluding hydrogens is 270 g/mol. The summed E-state index contributed by atoms with van der Waals surface area (Å²) in [5.41, 5.74) is 3.03. The fraction of sp³-hybridized carbons (Fsp3) is 0.235. The number of carbonyl (C=O) groups excluding carboxylic acids is 1. The van der Waals surface area contributed by atoms with Gasteiger partial charge < -0.3 is 4.90 Å². The van der Waals surface area contributed by atoms with Crippen molar-refractivity contribution in [1.82, 2.24) is 0 Å². The minimum atomic E-state index is 0.534. The van der Waals surface area contributed by atoms with Crippen LogP contribution in [0.15, 0.2) is 48.5 Å². The highest BCUT2D eigenvalue weighted by Gasteiger charge is 2.25. The molecule has 2 aromatic rings. The molecule has 1 unspecified atom stereocenters. The van der Waals surface area contributed by atoms with Crippen LogP contribution in [0.5, 0.6) is 0 Å². The number of carbonyl (C=O) groups is 1. The molecule has 102 valence electrons. The number of nitrogens with zero attached hydrogens (tertiary/aromatic N) is 1. The Labute approximate surface area is 124 Å². The van der Waals surface area contributed by atoms with Crippen LogP contribution >= 0.6 is 11.6 Å². The number of rotatable bonds is 3. The van der Waals surface area contributed by atoms with Gasteiger partial charge in [-0.3, -0.25) is 4.79 Å². The molecule has 3 rings (SSSR count). The van der Waals surface area contributed by atoms with Gasteiger partial charge in [-0.2, -0.15) is 0 Å². The van der Waals surface area contributed by atoms with Crippen molar-refractivity contribution in [3.63, 3.8) is 0 Å². The zero-order valence-corrected chi connectivity index (χ0v) is 11.9. The quantitative estimate of drug-likeness (QED) is 0.790. The van der Waals surface area contributed by atoms with Gasteiger partial charge >= 0.3 is 0 Å². The van der Waals surface area contributed by atoms with Crippen LogP contribution in [-0.4, -0.2) is 19.4 Å². The van der Waals surface area contributed by atoms with E-state index in [1.807, 2.05) is 18.2 Å². The van der Waals surface area contributed by atoms with Crippen LogP contribution in [0.3, 0.4) is 0 Å². The Kier molecular flexibility index (Phi) is 3.75. The van der Waals surface area contributed by atoms with E-state index in [0.29, 0.717) is 16.5 Å². The number of hydrogen-bond donors (Lipinski definition) is 0. The maximum Gasteiger partial charge on any atom is 0.152 e. The van der Waals surface area contributed by atoms with Crippen LogP contribution in [-0.2, 0) is 0 Å². The lowest BCUT2D eigenvalue weighted by Crippen LogP contribution is -2.20. The Morgan fingerprint density at radius 1 is 1.15 bits per heavy atom. The molecule has 1 atom stereocenters. The molecule has 0 amide bonds. The fourth-order valence-corrected chi connectivity index (χ4v) is 3.06. The predicted molar refractivity (Wildman–Crippen MR) is 82.9 cm³/mol. The van der Waals surface area contributed by atoms with E-state index < -0.39 is 0 Å². The molecule has 1 saturated heterocycles. The lowest BCUT2D eigenvalue weighted by atomic mass is 9.99. The molecule has 2 nitrogen and oxygen atoms in total. The van der Waals surface area contributed by atoms with E-state index in [1.165, 1.54) is 5.56 Å². The van der Waals surface area contributed by atoms with Crippen molar-refractivity contribution >= 4 is 23.6 Å². The molecular formula is C17H16ClNO. The van der Waals surface area contributed by atoms with Gasteiger partial charge in [0.1, 0.15) is 0 Å². The van der Waals surface area contributed by atoms with Gasteiger partial charge in [0, 0.05) is 35.3 Å². The van der Waals surface area contributed by atoms with Gasteiger partial charge in [0.2, 0.25) is 0 Å². The molecule has 20 heavy (non-hydrogen) atoms. The van der Waals surface area contributed by atoms with E-state index in [9.17, 15) is 4.79 Å². The van der Waals surface area contributed by atoms with Crippen molar-refractivity contribution in [2.24, 2.45) is 0 Å². The van der Waals surface area contributed by atoms with Gasteiger partial charge in [0.15, 0.2) is 6.29 Å². The molecule has 0 aromatic heterocycles. The number of hydrogen-bond acceptors (Lipinski definition) is 2. The van der Waals surface area contributed by atoms with Crippen LogP contribution in [0.1, 0.15) is 28.3 Å². The highest BCUT2D eigenvalue weighted by atomic mass is 35.5. The van der Waals surface area contributed by atoms with Gasteiger partial charge in [0.05, 0.1) is 0 Å². The summed E-state index contributed by atoms with van der Waals surface area (Å²) in [5, 5.41) is 0.606. The van der Waals surface area contributed by atoms with E-state index in [1.54, 1.807) is 6.07 Å². The number of aldehydes is 1. The second-order valence-corrected chi connectivity index (χ2v) is 5.60. The molecule has 1 aliphatic rings. The van der Waals surface area contributed by atoms with E-state index in [-0.39, 0.29) is 0 Å². The minimum absolute atomic E-state index is 0.534. The molecule has 1 fully saturated rings. The smallest absolute Gasteiger partial charge is 0.152 e. The van der Waals surface area contributed by atoms with Crippen LogP contribution in [0.2, 0.25) is 5.02 Å². The predicted octanol–water partition coefficient (Wildman–Crippen LogP) is 4.15. The first kappa shape index (κ1) is 13.2. The molecule has 1 aliphatic heterocycles. The average Bonchev–Trinajstić information content (AvgIpc) is 2.97. The Morgan fingerprint density at radius 3 is 2.70 bits per heavy atom. The molecule has 0 N–H and O–H groups in total. The van der Waals surface area contributed by atoms with Crippen LogP contribution < -0.4 is 4.90 Å². The molecule has 0 bridgehead atoms. The van der Waals surface area contributed by atoms with Crippen molar-refractivity contribution in [3.05, 3.63) is 64.7 Å². The van der Waals surface area contributed by atoms with Crippen molar-refractivity contribution in [2.75, 3.05) is 18.0 Å². The van der Waals surface area contributed by atoms with Gasteiger partial charge in [0.25, 0.3) is 0 Å². The lowest BCUT2D eigenvalue weighted by Gasteiger charge is -2.20. The molecule has 0 radical (unpaired) electrons. The molecule has 0 aliphatic carbocycles. The van der Waals surface area contributed by atoms with Crippen molar-refractivity contribution < 1.29 is 4.79 Å². The normalized spacial score (nSPS) is 18.2. The maximum absolute atomic E-state index is 11.2.